The minimum absolute atomic E-state index is 0.239. The third-order valence-corrected chi connectivity index (χ3v) is 8.72. The summed E-state index contributed by atoms with van der Waals surface area (Å²) in [7, 11) is 0. The van der Waals surface area contributed by atoms with Crippen molar-refractivity contribution in [3.63, 3.8) is 0 Å². The summed E-state index contributed by atoms with van der Waals surface area (Å²) in [5.41, 5.74) is -1.22. The Balaban J connectivity index is 0.000000141. The van der Waals surface area contributed by atoms with Gasteiger partial charge in [-0.1, -0.05) is 27.7 Å². The maximum atomic E-state index is 10.0. The van der Waals surface area contributed by atoms with Gasteiger partial charge < -0.3 is 20.4 Å². The van der Waals surface area contributed by atoms with Gasteiger partial charge in [-0.2, -0.15) is 0 Å². The number of aliphatic hydroxyl groups excluding tert-OH is 2. The van der Waals surface area contributed by atoms with E-state index in [1.807, 2.05) is 0 Å². The largest absolute Gasteiger partial charge is 0.390 e. The SMILES string of the molecule is CC1(C)C2CC(O)C(C)(O)C1C2.CC1(C)C2CC(O)C(C)(O)C1C2. The Hall–Kier alpha value is -0.160. The molecule has 0 saturated heterocycles. The maximum absolute atomic E-state index is 10.0. The summed E-state index contributed by atoms with van der Waals surface area (Å²) < 4.78 is 0. The Bertz CT molecular complexity index is 462. The van der Waals surface area contributed by atoms with Crippen molar-refractivity contribution < 1.29 is 20.4 Å². The number of fused-ring (bicyclic) bond motifs is 4. The van der Waals surface area contributed by atoms with Gasteiger partial charge in [0, 0.05) is 0 Å². The van der Waals surface area contributed by atoms with Gasteiger partial charge in [0.25, 0.3) is 0 Å². The van der Waals surface area contributed by atoms with Crippen molar-refractivity contribution in [2.45, 2.75) is 90.6 Å². The highest BCUT2D eigenvalue weighted by Gasteiger charge is 2.63. The molecule has 0 heterocycles. The van der Waals surface area contributed by atoms with E-state index < -0.39 is 23.4 Å². The Labute approximate surface area is 146 Å². The minimum Gasteiger partial charge on any atom is -0.390 e. The molecule has 6 rings (SSSR count). The highest BCUT2D eigenvalue weighted by molar-refractivity contribution is 5.13. The lowest BCUT2D eigenvalue weighted by molar-refractivity contribution is -0.245. The summed E-state index contributed by atoms with van der Waals surface area (Å²) in [6, 6.07) is 0. The summed E-state index contributed by atoms with van der Waals surface area (Å²) in [6.07, 6.45) is 2.73. The lowest BCUT2D eigenvalue weighted by Gasteiger charge is -2.64. The van der Waals surface area contributed by atoms with Gasteiger partial charge in [-0.05, 0) is 74.0 Å². The molecule has 4 bridgehead atoms. The fraction of sp³-hybridized carbons (Fsp3) is 1.00. The van der Waals surface area contributed by atoms with E-state index in [1.54, 1.807) is 13.8 Å². The van der Waals surface area contributed by atoms with Crippen LogP contribution in [-0.4, -0.2) is 43.8 Å². The molecule has 6 aliphatic rings. The predicted octanol–water partition coefficient (Wildman–Crippen LogP) is 2.33. The summed E-state index contributed by atoms with van der Waals surface area (Å²) >= 11 is 0. The standard InChI is InChI=1S/2C10H18O2/c2*1-9(2)6-4-7(9)10(3,12)8(11)5-6/h2*6-8,11-12H,4-5H2,1-3H3. The van der Waals surface area contributed by atoms with E-state index in [0.717, 1.165) is 25.7 Å². The summed E-state index contributed by atoms with van der Waals surface area (Å²) in [5.74, 6) is 1.83. The van der Waals surface area contributed by atoms with Crippen molar-refractivity contribution in [3.8, 4) is 0 Å². The predicted molar refractivity (Wildman–Crippen MR) is 93.3 cm³/mol. The Kier molecular flexibility index (Phi) is 4.02. The Morgan fingerprint density at radius 1 is 0.583 bits per heavy atom. The monoisotopic (exact) mass is 340 g/mol. The molecule has 6 fully saturated rings. The molecule has 6 aliphatic carbocycles. The molecule has 8 unspecified atom stereocenters. The quantitative estimate of drug-likeness (QED) is 0.546. The van der Waals surface area contributed by atoms with Crippen LogP contribution >= 0.6 is 0 Å². The van der Waals surface area contributed by atoms with Crippen molar-refractivity contribution in [1.29, 1.82) is 0 Å². The number of rotatable bonds is 0. The zero-order chi connectivity index (χ0) is 18.3. The number of aliphatic hydroxyl groups is 4. The molecule has 140 valence electrons. The van der Waals surface area contributed by atoms with Crippen LogP contribution in [0.15, 0.2) is 0 Å². The van der Waals surface area contributed by atoms with E-state index in [4.69, 9.17) is 0 Å². The molecular formula is C20H36O4. The van der Waals surface area contributed by atoms with Crippen LogP contribution in [-0.2, 0) is 0 Å². The molecule has 24 heavy (non-hydrogen) atoms. The molecule has 0 aliphatic heterocycles. The first-order chi connectivity index (χ1) is 10.7. The number of hydrogen-bond donors (Lipinski definition) is 4. The van der Waals surface area contributed by atoms with Crippen molar-refractivity contribution in [3.05, 3.63) is 0 Å². The third-order valence-electron chi connectivity index (χ3n) is 8.72. The van der Waals surface area contributed by atoms with E-state index in [1.165, 1.54) is 0 Å². The van der Waals surface area contributed by atoms with E-state index in [9.17, 15) is 20.4 Å². The lowest BCUT2D eigenvalue weighted by atomic mass is 9.43. The summed E-state index contributed by atoms with van der Waals surface area (Å²) in [5, 5.41) is 39.3. The Morgan fingerprint density at radius 2 is 0.875 bits per heavy atom. The van der Waals surface area contributed by atoms with Gasteiger partial charge in [0.1, 0.15) is 0 Å². The molecule has 4 heteroatoms. The van der Waals surface area contributed by atoms with E-state index >= 15 is 0 Å². The zero-order valence-corrected chi connectivity index (χ0v) is 16.1. The second-order valence-corrected chi connectivity index (χ2v) is 10.6. The molecule has 6 saturated carbocycles. The summed E-state index contributed by atoms with van der Waals surface area (Å²) in [6.45, 7) is 12.4. The molecule has 0 aromatic heterocycles. The molecular weight excluding hydrogens is 304 g/mol. The molecule has 8 atom stereocenters. The van der Waals surface area contributed by atoms with Crippen LogP contribution < -0.4 is 0 Å². The minimum atomic E-state index is -0.849. The fourth-order valence-corrected chi connectivity index (χ4v) is 6.30. The molecule has 0 amide bonds. The smallest absolute Gasteiger partial charge is 0.0910 e. The molecule has 0 aromatic rings. The zero-order valence-electron chi connectivity index (χ0n) is 16.1. The Morgan fingerprint density at radius 3 is 1.04 bits per heavy atom. The van der Waals surface area contributed by atoms with Gasteiger partial charge in [-0.15, -0.1) is 0 Å². The van der Waals surface area contributed by atoms with Gasteiger partial charge in [-0.3, -0.25) is 0 Å². The number of hydrogen-bond acceptors (Lipinski definition) is 4. The summed E-state index contributed by atoms with van der Waals surface area (Å²) in [4.78, 5) is 0. The van der Waals surface area contributed by atoms with Crippen LogP contribution in [0, 0.1) is 34.5 Å². The average molecular weight is 341 g/mol. The normalized spacial score (nSPS) is 56.2. The van der Waals surface area contributed by atoms with Crippen molar-refractivity contribution in [2.24, 2.45) is 34.5 Å². The topological polar surface area (TPSA) is 80.9 Å². The molecule has 0 spiro atoms. The van der Waals surface area contributed by atoms with E-state index in [0.29, 0.717) is 23.7 Å². The van der Waals surface area contributed by atoms with Crippen LogP contribution in [0.3, 0.4) is 0 Å². The van der Waals surface area contributed by atoms with Crippen LogP contribution in [0.5, 0.6) is 0 Å². The highest BCUT2D eigenvalue weighted by Crippen LogP contribution is 2.63. The second-order valence-electron chi connectivity index (χ2n) is 10.6. The van der Waals surface area contributed by atoms with Crippen LogP contribution in [0.25, 0.3) is 0 Å². The fourth-order valence-electron chi connectivity index (χ4n) is 6.30. The third kappa shape index (κ3) is 2.33. The first-order valence-corrected chi connectivity index (χ1v) is 9.54. The average Bonchev–Trinajstić information content (AvgIpc) is 2.44. The first kappa shape index (κ1) is 18.6. The van der Waals surface area contributed by atoms with Gasteiger partial charge in [0.05, 0.1) is 23.4 Å². The first-order valence-electron chi connectivity index (χ1n) is 9.54. The highest BCUT2D eigenvalue weighted by atomic mass is 16.3. The molecule has 4 nitrogen and oxygen atoms in total. The molecule has 0 radical (unpaired) electrons. The van der Waals surface area contributed by atoms with E-state index in [-0.39, 0.29) is 10.8 Å². The van der Waals surface area contributed by atoms with Gasteiger partial charge in [0.15, 0.2) is 0 Å². The second kappa shape index (κ2) is 5.18. The van der Waals surface area contributed by atoms with Crippen LogP contribution in [0.1, 0.15) is 67.2 Å². The maximum Gasteiger partial charge on any atom is 0.0910 e. The van der Waals surface area contributed by atoms with Gasteiger partial charge >= 0.3 is 0 Å². The lowest BCUT2D eigenvalue weighted by Crippen LogP contribution is -2.66. The van der Waals surface area contributed by atoms with Crippen LogP contribution in [0.4, 0.5) is 0 Å². The van der Waals surface area contributed by atoms with Crippen molar-refractivity contribution in [2.75, 3.05) is 0 Å². The van der Waals surface area contributed by atoms with Crippen molar-refractivity contribution in [1.82, 2.24) is 0 Å². The van der Waals surface area contributed by atoms with Gasteiger partial charge in [-0.25, -0.2) is 0 Å². The molecule has 0 aromatic carbocycles. The van der Waals surface area contributed by atoms with E-state index in [2.05, 4.69) is 27.7 Å². The van der Waals surface area contributed by atoms with Crippen molar-refractivity contribution >= 4 is 0 Å². The molecule has 4 N–H and O–H groups in total. The van der Waals surface area contributed by atoms with Gasteiger partial charge in [0.2, 0.25) is 0 Å². The van der Waals surface area contributed by atoms with Crippen LogP contribution in [0.2, 0.25) is 0 Å².